The zero-order valence-electron chi connectivity index (χ0n) is 14.3. The lowest BCUT2D eigenvalue weighted by atomic mass is 10.1. The van der Waals surface area contributed by atoms with Gasteiger partial charge in [-0.3, -0.25) is 0 Å². The number of hydrogen-bond donors (Lipinski definition) is 2. The summed E-state index contributed by atoms with van der Waals surface area (Å²) in [4.78, 5) is 0. The molecule has 0 amide bonds. The largest absolute Gasteiger partial charge is 0.316 e. The molecule has 2 aromatic carbocycles. The van der Waals surface area contributed by atoms with Crippen molar-refractivity contribution in [3.63, 3.8) is 0 Å². The van der Waals surface area contributed by atoms with Crippen LogP contribution < -0.4 is 10.6 Å². The molecule has 2 aromatic rings. The van der Waals surface area contributed by atoms with Gasteiger partial charge in [-0.05, 0) is 63.4 Å². The van der Waals surface area contributed by atoms with E-state index < -0.39 is 0 Å². The summed E-state index contributed by atoms with van der Waals surface area (Å²) in [5.41, 5.74) is 2.81. The molecule has 1 fully saturated rings. The van der Waals surface area contributed by atoms with Crippen molar-refractivity contribution in [1.82, 2.24) is 10.6 Å². The van der Waals surface area contributed by atoms with Crippen molar-refractivity contribution in [1.29, 1.82) is 0 Å². The predicted molar refractivity (Wildman–Crippen MR) is 99.9 cm³/mol. The molecule has 2 N–H and O–H groups in total. The van der Waals surface area contributed by atoms with Gasteiger partial charge in [-0.25, -0.2) is 0 Å². The van der Waals surface area contributed by atoms with Crippen LogP contribution in [-0.2, 0) is 12.8 Å². The molecule has 2 nitrogen and oxygen atoms in total. The predicted octanol–water partition coefficient (Wildman–Crippen LogP) is 3.82. The van der Waals surface area contributed by atoms with Gasteiger partial charge >= 0.3 is 0 Å². The maximum absolute atomic E-state index is 3.48. The van der Waals surface area contributed by atoms with E-state index in [4.69, 9.17) is 0 Å². The molecular formula is C21H30N2. The van der Waals surface area contributed by atoms with Gasteiger partial charge in [0.1, 0.15) is 0 Å². The molecule has 1 saturated heterocycles. The topological polar surface area (TPSA) is 24.1 Å². The van der Waals surface area contributed by atoms with Gasteiger partial charge in [0.05, 0.1) is 0 Å². The van der Waals surface area contributed by atoms with Gasteiger partial charge in [0.25, 0.3) is 0 Å². The first-order valence-electron chi connectivity index (χ1n) is 8.86. The fraction of sp³-hybridized carbons (Fsp3) is 0.429. The van der Waals surface area contributed by atoms with E-state index in [1.54, 1.807) is 0 Å². The minimum Gasteiger partial charge on any atom is -0.316 e. The van der Waals surface area contributed by atoms with Crippen molar-refractivity contribution in [3.8, 4) is 0 Å². The smallest absolute Gasteiger partial charge is 0.00391 e. The van der Waals surface area contributed by atoms with Crippen molar-refractivity contribution >= 4 is 0 Å². The maximum Gasteiger partial charge on any atom is 0.00391 e. The molecule has 3 rings (SSSR count). The fourth-order valence-electron chi connectivity index (χ4n) is 2.74. The van der Waals surface area contributed by atoms with Crippen molar-refractivity contribution in [2.24, 2.45) is 0 Å². The lowest BCUT2D eigenvalue weighted by molar-refractivity contribution is 0.664. The first-order valence-corrected chi connectivity index (χ1v) is 8.86. The molecule has 2 heteroatoms. The van der Waals surface area contributed by atoms with Gasteiger partial charge in [-0.15, -0.1) is 0 Å². The normalized spacial score (nSPS) is 16.7. The molecule has 0 saturated carbocycles. The molecule has 0 aliphatic carbocycles. The van der Waals surface area contributed by atoms with E-state index in [9.17, 15) is 0 Å². The second-order valence-electron chi connectivity index (χ2n) is 6.22. The van der Waals surface area contributed by atoms with E-state index in [1.807, 2.05) is 0 Å². The van der Waals surface area contributed by atoms with E-state index in [-0.39, 0.29) is 0 Å². The van der Waals surface area contributed by atoms with E-state index in [1.165, 1.54) is 30.5 Å². The molecule has 1 heterocycles. The highest BCUT2D eigenvalue weighted by atomic mass is 14.9. The Bertz CT molecular complexity index is 462. The number of nitrogens with one attached hydrogen (secondary N) is 2. The van der Waals surface area contributed by atoms with E-state index >= 15 is 0 Å². The third-order valence-electron chi connectivity index (χ3n) is 4.17. The van der Waals surface area contributed by atoms with Crippen LogP contribution in [0.2, 0.25) is 0 Å². The number of hydrogen-bond acceptors (Lipinski definition) is 2. The van der Waals surface area contributed by atoms with Gasteiger partial charge in [0, 0.05) is 6.04 Å². The number of benzene rings is 2. The Balaban J connectivity index is 0.000000268. The van der Waals surface area contributed by atoms with Crippen LogP contribution in [-0.4, -0.2) is 25.7 Å². The monoisotopic (exact) mass is 310 g/mol. The highest BCUT2D eigenvalue weighted by Crippen LogP contribution is 2.01. The van der Waals surface area contributed by atoms with Gasteiger partial charge < -0.3 is 10.6 Å². The summed E-state index contributed by atoms with van der Waals surface area (Å²) in [5.74, 6) is 0. The van der Waals surface area contributed by atoms with E-state index in [0.717, 1.165) is 32.0 Å². The molecule has 1 atom stereocenters. The lowest BCUT2D eigenvalue weighted by Crippen LogP contribution is -2.20. The summed E-state index contributed by atoms with van der Waals surface area (Å²) >= 11 is 0. The SMILES string of the molecule is CC1CCCN1.c1ccc(CCNCCc2ccccc2)cc1. The second-order valence-corrected chi connectivity index (χ2v) is 6.22. The van der Waals surface area contributed by atoms with Crippen LogP contribution in [0, 0.1) is 0 Å². The average molecular weight is 310 g/mol. The molecule has 23 heavy (non-hydrogen) atoms. The molecule has 1 unspecified atom stereocenters. The Morgan fingerprint density at radius 3 is 1.74 bits per heavy atom. The zero-order chi connectivity index (χ0) is 16.2. The van der Waals surface area contributed by atoms with Crippen molar-refractivity contribution in [3.05, 3.63) is 71.8 Å². The fourth-order valence-corrected chi connectivity index (χ4v) is 2.74. The van der Waals surface area contributed by atoms with Crippen LogP contribution in [0.5, 0.6) is 0 Å². The van der Waals surface area contributed by atoms with Crippen LogP contribution in [0.3, 0.4) is 0 Å². The zero-order valence-corrected chi connectivity index (χ0v) is 14.3. The minimum absolute atomic E-state index is 0.796. The van der Waals surface area contributed by atoms with Crippen LogP contribution in [0.4, 0.5) is 0 Å². The van der Waals surface area contributed by atoms with Gasteiger partial charge in [-0.2, -0.15) is 0 Å². The Morgan fingerprint density at radius 1 is 0.870 bits per heavy atom. The van der Waals surface area contributed by atoms with Gasteiger partial charge in [-0.1, -0.05) is 60.7 Å². The molecule has 0 radical (unpaired) electrons. The van der Waals surface area contributed by atoms with E-state index in [0.29, 0.717) is 0 Å². The summed E-state index contributed by atoms with van der Waals surface area (Å²) in [6.07, 6.45) is 4.96. The summed E-state index contributed by atoms with van der Waals surface area (Å²) < 4.78 is 0. The minimum atomic E-state index is 0.796. The quantitative estimate of drug-likeness (QED) is 0.793. The second kappa shape index (κ2) is 11.0. The third-order valence-corrected chi connectivity index (χ3v) is 4.17. The summed E-state index contributed by atoms with van der Waals surface area (Å²) in [7, 11) is 0. The van der Waals surface area contributed by atoms with Crippen molar-refractivity contribution < 1.29 is 0 Å². The Kier molecular flexibility index (Phi) is 8.46. The maximum atomic E-state index is 3.48. The summed E-state index contributed by atoms with van der Waals surface area (Å²) in [6.45, 7) is 5.57. The highest BCUT2D eigenvalue weighted by molar-refractivity contribution is 5.16. The van der Waals surface area contributed by atoms with Crippen LogP contribution >= 0.6 is 0 Å². The van der Waals surface area contributed by atoms with Gasteiger partial charge in [0.2, 0.25) is 0 Å². The highest BCUT2D eigenvalue weighted by Gasteiger charge is 2.05. The van der Waals surface area contributed by atoms with Gasteiger partial charge in [0.15, 0.2) is 0 Å². The summed E-state index contributed by atoms with van der Waals surface area (Å²) in [6, 6.07) is 22.0. The Labute approximate surface area is 141 Å². The first-order chi connectivity index (χ1) is 11.3. The first kappa shape index (κ1) is 17.7. The van der Waals surface area contributed by atoms with Crippen LogP contribution in [0.25, 0.3) is 0 Å². The average Bonchev–Trinajstić information content (AvgIpc) is 3.08. The number of rotatable bonds is 6. The van der Waals surface area contributed by atoms with Crippen molar-refractivity contribution in [2.75, 3.05) is 19.6 Å². The molecule has 1 aliphatic heterocycles. The molecule has 0 bridgehead atoms. The van der Waals surface area contributed by atoms with Crippen molar-refractivity contribution in [2.45, 2.75) is 38.6 Å². The molecule has 124 valence electrons. The molecular weight excluding hydrogens is 280 g/mol. The molecule has 1 aliphatic rings. The van der Waals surface area contributed by atoms with Crippen LogP contribution in [0.1, 0.15) is 30.9 Å². The lowest BCUT2D eigenvalue weighted by Gasteiger charge is -2.05. The summed E-state index contributed by atoms with van der Waals surface area (Å²) in [5, 5.41) is 6.80. The van der Waals surface area contributed by atoms with Crippen LogP contribution in [0.15, 0.2) is 60.7 Å². The molecule has 0 spiro atoms. The third kappa shape index (κ3) is 7.96. The standard InChI is InChI=1S/C16H19N.C5H11N/c1-3-7-15(8-4-1)11-13-17-14-12-16-9-5-2-6-10-16;1-5-3-2-4-6-5/h1-10,17H,11-14H2;5-6H,2-4H2,1H3. The Morgan fingerprint density at radius 2 is 1.39 bits per heavy atom. The van der Waals surface area contributed by atoms with E-state index in [2.05, 4.69) is 78.2 Å². The molecule has 0 aromatic heterocycles. The Hall–Kier alpha value is -1.64.